The Morgan fingerprint density at radius 2 is 2.00 bits per heavy atom. The lowest BCUT2D eigenvalue weighted by Gasteiger charge is -2.20. The summed E-state index contributed by atoms with van der Waals surface area (Å²) in [6.45, 7) is 4.76. The van der Waals surface area contributed by atoms with Crippen LogP contribution in [-0.2, 0) is 4.74 Å². The molecule has 0 aromatic heterocycles. The van der Waals surface area contributed by atoms with E-state index in [0.29, 0.717) is 6.61 Å². The Balaban J connectivity index is 2.81. The van der Waals surface area contributed by atoms with E-state index in [1.54, 1.807) is 0 Å². The van der Waals surface area contributed by atoms with Crippen LogP contribution in [0.25, 0.3) is 0 Å². The molecule has 0 saturated carbocycles. The highest BCUT2D eigenvalue weighted by atomic mass is 79.9. The maximum Gasteiger partial charge on any atom is 0.0665 e. The van der Waals surface area contributed by atoms with Gasteiger partial charge in [-0.15, -0.1) is 0 Å². The van der Waals surface area contributed by atoms with Gasteiger partial charge in [-0.1, -0.05) is 31.9 Å². The van der Waals surface area contributed by atoms with Gasteiger partial charge >= 0.3 is 0 Å². The number of rotatable bonds is 5. The van der Waals surface area contributed by atoms with E-state index in [1.165, 1.54) is 5.56 Å². The third-order valence-corrected chi connectivity index (χ3v) is 3.49. The van der Waals surface area contributed by atoms with Gasteiger partial charge in [0.05, 0.1) is 18.8 Å². The second-order valence-electron chi connectivity index (χ2n) is 3.89. The van der Waals surface area contributed by atoms with E-state index in [9.17, 15) is 0 Å². The molecule has 1 aromatic rings. The molecule has 0 fully saturated rings. The number of hydrogen-bond donors (Lipinski definition) is 1. The first kappa shape index (κ1) is 14.2. The fourth-order valence-electron chi connectivity index (χ4n) is 1.40. The van der Waals surface area contributed by atoms with Crippen LogP contribution in [0.2, 0.25) is 0 Å². The normalized spacial score (nSPS) is 13.1. The lowest BCUT2D eigenvalue weighted by atomic mass is 10.1. The van der Waals surface area contributed by atoms with E-state index in [1.807, 2.05) is 33.0 Å². The van der Waals surface area contributed by atoms with Crippen molar-refractivity contribution in [2.24, 2.45) is 0 Å². The first-order valence-corrected chi connectivity index (χ1v) is 6.87. The molecule has 1 aromatic carbocycles. The molecule has 0 radical (unpaired) electrons. The van der Waals surface area contributed by atoms with E-state index < -0.39 is 0 Å². The topological polar surface area (TPSA) is 21.3 Å². The summed E-state index contributed by atoms with van der Waals surface area (Å²) in [6.07, 6.45) is 0.252. The highest BCUT2D eigenvalue weighted by Crippen LogP contribution is 2.27. The van der Waals surface area contributed by atoms with Crippen LogP contribution in [-0.4, -0.2) is 19.8 Å². The minimum absolute atomic E-state index is 0.203. The van der Waals surface area contributed by atoms with E-state index in [4.69, 9.17) is 4.74 Å². The first-order chi connectivity index (χ1) is 7.54. The van der Waals surface area contributed by atoms with Gasteiger partial charge in [0.15, 0.2) is 0 Å². The number of halogens is 2. The molecule has 1 rings (SSSR count). The van der Waals surface area contributed by atoms with Gasteiger partial charge in [0.25, 0.3) is 0 Å². The third kappa shape index (κ3) is 4.17. The molecule has 1 unspecified atom stereocenters. The summed E-state index contributed by atoms with van der Waals surface area (Å²) >= 11 is 7.05. The van der Waals surface area contributed by atoms with Crippen LogP contribution in [0.15, 0.2) is 27.1 Å². The molecule has 1 atom stereocenters. The minimum atomic E-state index is 0.203. The standard InChI is InChI=1S/C12H17Br2NO/c1-8(2)16-7-12(15-3)10-6-9(13)4-5-11(10)14/h4-6,8,12,15H,7H2,1-3H3. The van der Waals surface area contributed by atoms with Crippen molar-refractivity contribution >= 4 is 31.9 Å². The number of hydrogen-bond acceptors (Lipinski definition) is 2. The summed E-state index contributed by atoms with van der Waals surface area (Å²) in [4.78, 5) is 0. The van der Waals surface area contributed by atoms with E-state index in [2.05, 4.69) is 43.2 Å². The van der Waals surface area contributed by atoms with E-state index >= 15 is 0 Å². The number of likely N-dealkylation sites (N-methyl/N-ethyl adjacent to an activating group) is 1. The van der Waals surface area contributed by atoms with Crippen LogP contribution in [0.5, 0.6) is 0 Å². The van der Waals surface area contributed by atoms with Gasteiger partial charge in [0, 0.05) is 8.95 Å². The molecule has 0 saturated heterocycles. The monoisotopic (exact) mass is 349 g/mol. The molecule has 16 heavy (non-hydrogen) atoms. The predicted molar refractivity (Wildman–Crippen MR) is 74.7 cm³/mol. The van der Waals surface area contributed by atoms with Crippen LogP contribution >= 0.6 is 31.9 Å². The van der Waals surface area contributed by atoms with Crippen LogP contribution in [0.4, 0.5) is 0 Å². The second kappa shape index (κ2) is 6.74. The van der Waals surface area contributed by atoms with Crippen molar-refractivity contribution < 1.29 is 4.74 Å². The van der Waals surface area contributed by atoms with Gasteiger partial charge in [-0.25, -0.2) is 0 Å². The Labute approximate surface area is 114 Å². The fraction of sp³-hybridized carbons (Fsp3) is 0.500. The SMILES string of the molecule is CNC(COC(C)C)c1cc(Br)ccc1Br. The van der Waals surface area contributed by atoms with Crippen LogP contribution < -0.4 is 5.32 Å². The van der Waals surface area contributed by atoms with Crippen molar-refractivity contribution in [1.82, 2.24) is 5.32 Å². The molecule has 0 amide bonds. The van der Waals surface area contributed by atoms with Gasteiger partial charge in [-0.3, -0.25) is 0 Å². The van der Waals surface area contributed by atoms with Crippen LogP contribution in [0, 0.1) is 0 Å². The number of benzene rings is 1. The third-order valence-electron chi connectivity index (χ3n) is 2.28. The maximum absolute atomic E-state index is 5.65. The molecule has 0 aliphatic carbocycles. The summed E-state index contributed by atoms with van der Waals surface area (Å²) in [5, 5.41) is 3.27. The van der Waals surface area contributed by atoms with Gasteiger partial charge in [-0.05, 0) is 44.7 Å². The smallest absolute Gasteiger partial charge is 0.0665 e. The van der Waals surface area contributed by atoms with Gasteiger partial charge < -0.3 is 10.1 Å². The van der Waals surface area contributed by atoms with Crippen LogP contribution in [0.1, 0.15) is 25.5 Å². The second-order valence-corrected chi connectivity index (χ2v) is 5.66. The quantitative estimate of drug-likeness (QED) is 0.869. The van der Waals surface area contributed by atoms with E-state index in [-0.39, 0.29) is 12.1 Å². The number of ether oxygens (including phenoxy) is 1. The highest BCUT2D eigenvalue weighted by Gasteiger charge is 2.13. The average Bonchev–Trinajstić information content (AvgIpc) is 2.23. The van der Waals surface area contributed by atoms with Crippen LogP contribution in [0.3, 0.4) is 0 Å². The number of nitrogens with one attached hydrogen (secondary N) is 1. The molecule has 0 aliphatic rings. The first-order valence-electron chi connectivity index (χ1n) is 5.28. The van der Waals surface area contributed by atoms with Crippen molar-refractivity contribution in [3.8, 4) is 0 Å². The highest BCUT2D eigenvalue weighted by molar-refractivity contribution is 9.11. The zero-order valence-electron chi connectivity index (χ0n) is 9.76. The zero-order chi connectivity index (χ0) is 12.1. The molecular formula is C12H17Br2NO. The van der Waals surface area contributed by atoms with Crippen molar-refractivity contribution in [2.45, 2.75) is 26.0 Å². The molecular weight excluding hydrogens is 334 g/mol. The van der Waals surface area contributed by atoms with Crippen molar-refractivity contribution in [2.75, 3.05) is 13.7 Å². The van der Waals surface area contributed by atoms with Crippen molar-refractivity contribution in [3.05, 3.63) is 32.7 Å². The summed E-state index contributed by atoms with van der Waals surface area (Å²) in [5.74, 6) is 0. The zero-order valence-corrected chi connectivity index (χ0v) is 12.9. The molecule has 4 heteroatoms. The molecule has 90 valence electrons. The Hall–Kier alpha value is 0.1000. The molecule has 0 spiro atoms. The van der Waals surface area contributed by atoms with E-state index in [0.717, 1.165) is 8.95 Å². The average molecular weight is 351 g/mol. The molecule has 2 nitrogen and oxygen atoms in total. The molecule has 0 aliphatic heterocycles. The Bertz CT molecular complexity index is 342. The Kier molecular flexibility index (Phi) is 5.97. The summed E-state index contributed by atoms with van der Waals surface area (Å²) in [5.41, 5.74) is 1.21. The maximum atomic E-state index is 5.65. The van der Waals surface area contributed by atoms with Crippen molar-refractivity contribution in [1.29, 1.82) is 0 Å². The largest absolute Gasteiger partial charge is 0.377 e. The minimum Gasteiger partial charge on any atom is -0.377 e. The predicted octanol–water partition coefficient (Wildman–Crippen LogP) is 3.90. The molecule has 1 N–H and O–H groups in total. The summed E-state index contributed by atoms with van der Waals surface area (Å²) in [7, 11) is 1.95. The summed E-state index contributed by atoms with van der Waals surface area (Å²) < 4.78 is 7.82. The summed E-state index contributed by atoms with van der Waals surface area (Å²) in [6, 6.07) is 6.37. The Morgan fingerprint density at radius 1 is 1.31 bits per heavy atom. The van der Waals surface area contributed by atoms with Crippen molar-refractivity contribution in [3.63, 3.8) is 0 Å². The fourth-order valence-corrected chi connectivity index (χ4v) is 2.30. The lowest BCUT2D eigenvalue weighted by molar-refractivity contribution is 0.0625. The Morgan fingerprint density at radius 3 is 2.56 bits per heavy atom. The van der Waals surface area contributed by atoms with Gasteiger partial charge in [-0.2, -0.15) is 0 Å². The molecule has 0 bridgehead atoms. The van der Waals surface area contributed by atoms with Gasteiger partial charge in [0.1, 0.15) is 0 Å². The molecule has 0 heterocycles. The lowest BCUT2D eigenvalue weighted by Crippen LogP contribution is -2.23. The van der Waals surface area contributed by atoms with Gasteiger partial charge in [0.2, 0.25) is 0 Å².